The summed E-state index contributed by atoms with van der Waals surface area (Å²) in [4.78, 5) is 13.1. The minimum atomic E-state index is 0. The molecule has 2 aliphatic carbocycles. The predicted molar refractivity (Wildman–Crippen MR) is 170 cm³/mol. The van der Waals surface area contributed by atoms with Crippen LogP contribution in [0.2, 0.25) is 0 Å². The Bertz CT molecular complexity index is 2060. The van der Waals surface area contributed by atoms with Gasteiger partial charge in [0.2, 0.25) is 0 Å². The van der Waals surface area contributed by atoms with Gasteiger partial charge in [0.15, 0.2) is 0 Å². The summed E-state index contributed by atoms with van der Waals surface area (Å²) in [5.74, 6) is 0. The zero-order chi connectivity index (χ0) is 28.8. The van der Waals surface area contributed by atoms with Crippen molar-refractivity contribution < 1.29 is 21.5 Å². The van der Waals surface area contributed by atoms with E-state index in [0.29, 0.717) is 6.04 Å². The second-order valence-corrected chi connectivity index (χ2v) is 10.8. The van der Waals surface area contributed by atoms with Crippen LogP contribution in [-0.4, -0.2) is 15.0 Å². The molecule has 0 amide bonds. The molecule has 0 atom stereocenters. The second kappa shape index (κ2) is 11.6. The Hall–Kier alpha value is -4.50. The van der Waals surface area contributed by atoms with Gasteiger partial charge in [-0.05, 0) is 93.8 Å². The average molecular weight is 731 g/mol. The molecule has 3 aromatic heterocycles. The maximum Gasteiger partial charge on any atom is 0.0623 e. The molecule has 3 heterocycles. The van der Waals surface area contributed by atoms with Crippen molar-refractivity contribution in [2.24, 2.45) is 0 Å². The number of benzene rings is 4. The fraction of sp³-hybridized carbons (Fsp3) is 0.103. The third-order valence-electron chi connectivity index (χ3n) is 8.40. The second-order valence-electron chi connectivity index (χ2n) is 10.8. The van der Waals surface area contributed by atoms with Crippen LogP contribution in [0.5, 0.6) is 0 Å². The first-order valence-corrected chi connectivity index (χ1v) is 14.4. The smallest absolute Gasteiger partial charge is 0.0623 e. The Kier molecular flexibility index (Phi) is 7.08. The number of rotatable bonds is 2. The van der Waals surface area contributed by atoms with Gasteiger partial charge in [0.25, 0.3) is 0 Å². The van der Waals surface area contributed by atoms with Crippen LogP contribution in [0.25, 0.3) is 55.3 Å². The monoisotopic (exact) mass is 731 g/mol. The summed E-state index contributed by atoms with van der Waals surface area (Å²) >= 11 is 0. The van der Waals surface area contributed by atoms with Gasteiger partial charge < -0.3 is 9.97 Å². The molecule has 0 aliphatic heterocycles. The van der Waals surface area contributed by atoms with E-state index in [1.54, 1.807) is 12.4 Å². The standard InChI is InChI=1S/C29H20N.C10H7N2.Ir/c1-2-7-24-18(4-1)12-13-26-25(24)14-15-30-29(26)23-16-21-10-8-19-5-3-6-20-9-11-22(17-23)28(21)27(19)20;1-3-7-11-9(5-1)10-6-2-4-8-12-10;/h1-7,12-16H,8-11H2;1-5,7-8H;/q2*-1;/i2D;;. The van der Waals surface area contributed by atoms with E-state index in [1.165, 1.54) is 33.4 Å². The molecule has 7 aromatic rings. The van der Waals surface area contributed by atoms with Crippen LogP contribution in [-0.2, 0) is 45.8 Å². The molecule has 43 heavy (non-hydrogen) atoms. The SMILES string of the molecule is [2H]c1ccc2ccc3c(-c4[c-]c5c6c(c4)CCc4cccc(c4-6)CC5)nccc3c2c1.[Ir].[c-]1cccnc1-c1ccccn1. The van der Waals surface area contributed by atoms with Crippen LogP contribution >= 0.6 is 0 Å². The normalized spacial score (nSPS) is 12.9. The zero-order valence-corrected chi connectivity index (χ0v) is 25.8. The molecule has 9 rings (SSSR count). The quantitative estimate of drug-likeness (QED) is 0.132. The minimum absolute atomic E-state index is 0. The Morgan fingerprint density at radius 3 is 2.33 bits per heavy atom. The number of fused-ring (bicyclic) bond motifs is 3. The molecule has 4 aromatic carbocycles. The van der Waals surface area contributed by atoms with E-state index < -0.39 is 0 Å². The molecule has 0 saturated carbocycles. The van der Waals surface area contributed by atoms with Crippen molar-refractivity contribution in [1.29, 1.82) is 0 Å². The van der Waals surface area contributed by atoms with Crippen LogP contribution in [0.1, 0.15) is 23.6 Å². The topological polar surface area (TPSA) is 38.7 Å². The summed E-state index contributed by atoms with van der Waals surface area (Å²) in [6.07, 6.45) is 9.71. The number of hydrogen-bond donors (Lipinski definition) is 0. The van der Waals surface area contributed by atoms with Gasteiger partial charge >= 0.3 is 0 Å². The van der Waals surface area contributed by atoms with Crippen LogP contribution in [0.15, 0.2) is 116 Å². The maximum absolute atomic E-state index is 8.07. The van der Waals surface area contributed by atoms with E-state index in [-0.39, 0.29) is 20.1 Å². The van der Waals surface area contributed by atoms with E-state index in [0.717, 1.165) is 69.9 Å². The van der Waals surface area contributed by atoms with E-state index in [1.807, 2.05) is 54.7 Å². The molecular weight excluding hydrogens is 703 g/mol. The van der Waals surface area contributed by atoms with Gasteiger partial charge in [-0.1, -0.05) is 77.8 Å². The van der Waals surface area contributed by atoms with E-state index in [9.17, 15) is 0 Å². The third kappa shape index (κ3) is 4.97. The average Bonchev–Trinajstić information content (AvgIpc) is 3.08. The van der Waals surface area contributed by atoms with Crippen molar-refractivity contribution in [2.75, 3.05) is 0 Å². The molecule has 0 fully saturated rings. The molecule has 209 valence electrons. The number of hydrogen-bond acceptors (Lipinski definition) is 3. The van der Waals surface area contributed by atoms with Gasteiger partial charge in [0.1, 0.15) is 0 Å². The third-order valence-corrected chi connectivity index (χ3v) is 8.40. The fourth-order valence-electron chi connectivity index (χ4n) is 6.50. The number of aryl methyl sites for hydroxylation is 4. The van der Waals surface area contributed by atoms with Crippen molar-refractivity contribution >= 4 is 21.5 Å². The largest absolute Gasteiger partial charge is 0.318 e. The molecule has 2 aliphatic rings. The Morgan fingerprint density at radius 1 is 0.628 bits per heavy atom. The van der Waals surface area contributed by atoms with Crippen LogP contribution in [0.3, 0.4) is 0 Å². The van der Waals surface area contributed by atoms with Crippen molar-refractivity contribution in [3.63, 3.8) is 0 Å². The molecule has 1 radical (unpaired) electrons. The Morgan fingerprint density at radius 2 is 1.49 bits per heavy atom. The first kappa shape index (κ1) is 26.2. The molecule has 3 nitrogen and oxygen atoms in total. The summed E-state index contributed by atoms with van der Waals surface area (Å²) in [6.45, 7) is 0. The molecule has 0 unspecified atom stereocenters. The summed E-state index contributed by atoms with van der Waals surface area (Å²) in [7, 11) is 0. The molecule has 4 heteroatoms. The van der Waals surface area contributed by atoms with Gasteiger partial charge in [-0.25, -0.2) is 0 Å². The molecular formula is C39H27IrN3-2. The van der Waals surface area contributed by atoms with Crippen LogP contribution < -0.4 is 0 Å². The number of pyridine rings is 3. The molecule has 0 N–H and O–H groups in total. The summed E-state index contributed by atoms with van der Waals surface area (Å²) in [5, 5.41) is 4.57. The van der Waals surface area contributed by atoms with Crippen molar-refractivity contribution in [1.82, 2.24) is 15.0 Å². The zero-order valence-electron chi connectivity index (χ0n) is 24.4. The van der Waals surface area contributed by atoms with Gasteiger partial charge in [-0.15, -0.1) is 34.9 Å². The predicted octanol–water partition coefficient (Wildman–Crippen LogP) is 8.66. The molecule has 0 saturated heterocycles. The van der Waals surface area contributed by atoms with Gasteiger partial charge in [0.05, 0.1) is 1.37 Å². The minimum Gasteiger partial charge on any atom is -0.318 e. The van der Waals surface area contributed by atoms with Gasteiger partial charge in [0, 0.05) is 32.5 Å². The summed E-state index contributed by atoms with van der Waals surface area (Å²) in [5.41, 5.74) is 12.4. The van der Waals surface area contributed by atoms with Crippen LogP contribution in [0.4, 0.5) is 0 Å². The fourth-order valence-corrected chi connectivity index (χ4v) is 6.50. The maximum atomic E-state index is 8.07. The van der Waals surface area contributed by atoms with Gasteiger partial charge in [-0.2, -0.15) is 12.1 Å². The Balaban J connectivity index is 0.000000203. The van der Waals surface area contributed by atoms with Gasteiger partial charge in [-0.3, -0.25) is 4.98 Å². The van der Waals surface area contributed by atoms with Crippen molar-refractivity contribution in [3.8, 4) is 33.8 Å². The molecule has 0 spiro atoms. The van der Waals surface area contributed by atoms with Crippen LogP contribution in [0, 0.1) is 12.1 Å². The van der Waals surface area contributed by atoms with E-state index >= 15 is 0 Å². The first-order valence-electron chi connectivity index (χ1n) is 14.9. The number of aromatic nitrogens is 3. The van der Waals surface area contributed by atoms with Crippen molar-refractivity contribution in [2.45, 2.75) is 25.7 Å². The van der Waals surface area contributed by atoms with E-state index in [4.69, 9.17) is 6.35 Å². The Labute approximate surface area is 266 Å². The molecule has 0 bridgehead atoms. The van der Waals surface area contributed by atoms with E-state index in [2.05, 4.69) is 64.6 Å². The summed E-state index contributed by atoms with van der Waals surface area (Å²) in [6, 6.07) is 38.1. The van der Waals surface area contributed by atoms with Crippen molar-refractivity contribution in [3.05, 3.63) is 150 Å². The number of nitrogens with zero attached hydrogens (tertiary/aromatic N) is 3. The summed E-state index contributed by atoms with van der Waals surface area (Å²) < 4.78 is 8.07. The first-order chi connectivity index (χ1) is 21.2.